The normalized spacial score (nSPS) is 11.0. The van der Waals surface area contributed by atoms with E-state index in [1.54, 1.807) is 35.8 Å². The van der Waals surface area contributed by atoms with Gasteiger partial charge in [0.15, 0.2) is 0 Å². The molecule has 0 bridgehead atoms. The van der Waals surface area contributed by atoms with E-state index in [0.29, 0.717) is 29.5 Å². The molecule has 7 nitrogen and oxygen atoms in total. The van der Waals surface area contributed by atoms with Crippen molar-refractivity contribution in [3.8, 4) is 16.5 Å². The highest BCUT2D eigenvalue weighted by molar-refractivity contribution is 7.13. The number of nitrogens with zero attached hydrogens (tertiary/aromatic N) is 3. The van der Waals surface area contributed by atoms with Crippen LogP contribution in [0, 0.1) is 6.92 Å². The number of benzene rings is 1. The summed E-state index contributed by atoms with van der Waals surface area (Å²) in [5.74, 6) is 0.953. The Balaban J connectivity index is 1.20. The summed E-state index contributed by atoms with van der Waals surface area (Å²) in [6.07, 6.45) is 5.47. The summed E-state index contributed by atoms with van der Waals surface area (Å²) in [5.41, 5.74) is 4.01. The number of nitrogens with one attached hydrogen (secondary N) is 1. The second kappa shape index (κ2) is 8.68. The maximum Gasteiger partial charge on any atom is 0.251 e. The lowest BCUT2D eigenvalue weighted by Crippen LogP contribution is -2.22. The Morgan fingerprint density at radius 3 is 2.94 bits per heavy atom. The first kappa shape index (κ1) is 20.0. The van der Waals surface area contributed by atoms with Gasteiger partial charge in [-0.2, -0.15) is 0 Å². The van der Waals surface area contributed by atoms with Gasteiger partial charge >= 0.3 is 0 Å². The van der Waals surface area contributed by atoms with Crippen molar-refractivity contribution in [3.63, 3.8) is 0 Å². The number of thiophene rings is 1. The van der Waals surface area contributed by atoms with Gasteiger partial charge in [0.25, 0.3) is 5.91 Å². The molecule has 1 N–H and O–H groups in total. The van der Waals surface area contributed by atoms with Gasteiger partial charge in [0.05, 0.1) is 22.8 Å². The van der Waals surface area contributed by atoms with E-state index in [-0.39, 0.29) is 12.5 Å². The second-order valence-corrected chi connectivity index (χ2v) is 8.22. The first-order chi connectivity index (χ1) is 15.7. The number of carbonyl (C=O) groups excluding carboxylic acids is 1. The van der Waals surface area contributed by atoms with Crippen LogP contribution in [-0.4, -0.2) is 20.3 Å². The van der Waals surface area contributed by atoms with E-state index in [9.17, 15) is 4.79 Å². The number of aryl methyl sites for hydroxylation is 1. The summed E-state index contributed by atoms with van der Waals surface area (Å²) in [6, 6.07) is 15.0. The van der Waals surface area contributed by atoms with E-state index in [1.165, 1.54) is 0 Å². The molecule has 0 spiro atoms. The zero-order valence-corrected chi connectivity index (χ0v) is 18.1. The Hall–Kier alpha value is -3.91. The minimum absolute atomic E-state index is 0.209. The minimum Gasteiger partial charge on any atom is -0.487 e. The number of carbonyl (C=O) groups is 1. The fraction of sp³-hybridized carbons (Fsp3) is 0.125. The minimum atomic E-state index is -0.209. The Morgan fingerprint density at radius 2 is 2.09 bits per heavy atom. The van der Waals surface area contributed by atoms with Crippen molar-refractivity contribution in [2.45, 2.75) is 20.1 Å². The smallest absolute Gasteiger partial charge is 0.251 e. The second-order valence-electron chi connectivity index (χ2n) is 7.27. The largest absolute Gasteiger partial charge is 0.487 e. The number of hydrogen-bond acceptors (Lipinski definition) is 6. The van der Waals surface area contributed by atoms with Gasteiger partial charge in [-0.1, -0.05) is 18.2 Å². The summed E-state index contributed by atoms with van der Waals surface area (Å²) in [5, 5.41) is 4.83. The van der Waals surface area contributed by atoms with E-state index in [1.807, 2.05) is 59.4 Å². The number of fused-ring (bicyclic) bond motifs is 1. The average molecular weight is 445 g/mol. The first-order valence-electron chi connectivity index (χ1n) is 10.1. The van der Waals surface area contributed by atoms with Crippen LogP contribution in [0.3, 0.4) is 0 Å². The average Bonchev–Trinajstić information content (AvgIpc) is 3.57. The highest BCUT2D eigenvalue weighted by Gasteiger charge is 2.11. The highest BCUT2D eigenvalue weighted by atomic mass is 32.1. The molecule has 8 heteroatoms. The molecular weight excluding hydrogens is 424 g/mol. The molecule has 0 radical (unpaired) electrons. The van der Waals surface area contributed by atoms with Crippen LogP contribution in [-0.2, 0) is 13.2 Å². The SMILES string of the molecule is Cc1cccn2cc(COc3cccc(C(=O)NCc4coc(-c5cccs5)n4)c3)nc12. The number of amides is 1. The molecule has 4 aromatic heterocycles. The van der Waals surface area contributed by atoms with Crippen molar-refractivity contribution in [1.82, 2.24) is 19.7 Å². The molecule has 0 saturated heterocycles. The van der Waals surface area contributed by atoms with Crippen molar-refractivity contribution >= 4 is 22.9 Å². The van der Waals surface area contributed by atoms with Crippen molar-refractivity contribution in [2.75, 3.05) is 0 Å². The molecule has 5 rings (SSSR count). The Bertz CT molecular complexity index is 1370. The van der Waals surface area contributed by atoms with Crippen molar-refractivity contribution in [2.24, 2.45) is 0 Å². The number of pyridine rings is 1. The molecule has 1 amide bonds. The van der Waals surface area contributed by atoms with E-state index >= 15 is 0 Å². The van der Waals surface area contributed by atoms with Gasteiger partial charge < -0.3 is 18.9 Å². The van der Waals surface area contributed by atoms with Gasteiger partial charge in [0.1, 0.15) is 24.3 Å². The lowest BCUT2D eigenvalue weighted by Gasteiger charge is -2.07. The quantitative estimate of drug-likeness (QED) is 0.387. The third kappa shape index (κ3) is 4.26. The number of ether oxygens (including phenoxy) is 1. The number of imidazole rings is 1. The predicted octanol–water partition coefficient (Wildman–Crippen LogP) is 4.87. The maximum absolute atomic E-state index is 12.6. The maximum atomic E-state index is 12.6. The van der Waals surface area contributed by atoms with Crippen LogP contribution in [0.4, 0.5) is 0 Å². The molecule has 0 aliphatic carbocycles. The fourth-order valence-electron chi connectivity index (χ4n) is 3.33. The number of hydrogen-bond donors (Lipinski definition) is 1. The van der Waals surface area contributed by atoms with E-state index in [2.05, 4.69) is 15.3 Å². The molecule has 160 valence electrons. The van der Waals surface area contributed by atoms with Crippen LogP contribution in [0.1, 0.15) is 27.3 Å². The van der Waals surface area contributed by atoms with Gasteiger partial charge in [0.2, 0.25) is 5.89 Å². The van der Waals surface area contributed by atoms with Crippen LogP contribution in [0.2, 0.25) is 0 Å². The molecule has 0 aliphatic heterocycles. The van der Waals surface area contributed by atoms with Crippen molar-refractivity contribution < 1.29 is 13.9 Å². The fourth-order valence-corrected chi connectivity index (χ4v) is 3.99. The van der Waals surface area contributed by atoms with Crippen molar-refractivity contribution in [1.29, 1.82) is 0 Å². The third-order valence-corrected chi connectivity index (χ3v) is 5.78. The standard InChI is InChI=1S/C24H20N4O3S/c1-16-5-3-9-28-13-19(26-22(16)28)15-30-20-7-2-6-17(11-20)23(29)25-12-18-14-31-24(27-18)21-8-4-10-32-21/h2-11,13-14H,12,15H2,1H3,(H,25,29). The number of rotatable bonds is 7. The zero-order valence-electron chi connectivity index (χ0n) is 17.3. The van der Waals surface area contributed by atoms with Gasteiger partial charge in [-0.3, -0.25) is 4.79 Å². The summed E-state index contributed by atoms with van der Waals surface area (Å²) in [6.45, 7) is 2.62. The van der Waals surface area contributed by atoms with Gasteiger partial charge in [-0.05, 0) is 48.2 Å². The van der Waals surface area contributed by atoms with Crippen molar-refractivity contribution in [3.05, 3.63) is 95.1 Å². The lowest BCUT2D eigenvalue weighted by atomic mass is 10.2. The Morgan fingerprint density at radius 1 is 1.16 bits per heavy atom. The van der Waals surface area contributed by atoms with Crippen LogP contribution < -0.4 is 10.1 Å². The van der Waals surface area contributed by atoms with Crippen LogP contribution in [0.15, 0.2) is 77.0 Å². The molecular formula is C24H20N4O3S. The Kier molecular flexibility index (Phi) is 5.43. The monoisotopic (exact) mass is 444 g/mol. The Labute approximate surface area is 188 Å². The van der Waals surface area contributed by atoms with E-state index in [4.69, 9.17) is 9.15 Å². The van der Waals surface area contributed by atoms with E-state index in [0.717, 1.165) is 21.8 Å². The topological polar surface area (TPSA) is 81.7 Å². The molecule has 0 fully saturated rings. The summed E-state index contributed by atoms with van der Waals surface area (Å²) < 4.78 is 13.3. The molecule has 0 saturated carbocycles. The molecule has 0 unspecified atom stereocenters. The zero-order chi connectivity index (χ0) is 21.9. The number of oxazole rings is 1. The van der Waals surface area contributed by atoms with Crippen LogP contribution in [0.5, 0.6) is 5.75 Å². The molecule has 1 aromatic carbocycles. The molecule has 32 heavy (non-hydrogen) atoms. The summed E-state index contributed by atoms with van der Waals surface area (Å²) in [7, 11) is 0. The van der Waals surface area contributed by atoms with Crippen LogP contribution in [0.25, 0.3) is 16.4 Å². The molecule has 4 heterocycles. The van der Waals surface area contributed by atoms with Gasteiger partial charge in [-0.15, -0.1) is 11.3 Å². The summed E-state index contributed by atoms with van der Waals surface area (Å²) >= 11 is 1.55. The number of aromatic nitrogens is 3. The molecule has 0 atom stereocenters. The summed E-state index contributed by atoms with van der Waals surface area (Å²) in [4.78, 5) is 22.6. The first-order valence-corrected chi connectivity index (χ1v) is 11.0. The highest BCUT2D eigenvalue weighted by Crippen LogP contribution is 2.23. The molecule has 5 aromatic rings. The lowest BCUT2D eigenvalue weighted by molar-refractivity contribution is 0.0950. The van der Waals surface area contributed by atoms with Gasteiger partial charge in [0, 0.05) is 18.0 Å². The third-order valence-electron chi connectivity index (χ3n) is 4.92. The van der Waals surface area contributed by atoms with Gasteiger partial charge in [-0.25, -0.2) is 9.97 Å². The predicted molar refractivity (Wildman–Crippen MR) is 122 cm³/mol. The van der Waals surface area contributed by atoms with E-state index < -0.39 is 0 Å². The molecule has 0 aliphatic rings. The van der Waals surface area contributed by atoms with Crippen LogP contribution >= 0.6 is 11.3 Å².